The molecule has 68 heavy (non-hydrogen) atoms. The number of pyridine rings is 2. The van der Waals surface area contributed by atoms with Gasteiger partial charge in [0.1, 0.15) is 12.2 Å². The molecule has 1 aliphatic heterocycles. The zero-order valence-electron chi connectivity index (χ0n) is 40.6. The summed E-state index contributed by atoms with van der Waals surface area (Å²) in [6.07, 6.45) is 9.68. The van der Waals surface area contributed by atoms with E-state index in [-0.39, 0.29) is 17.4 Å². The lowest BCUT2D eigenvalue weighted by atomic mass is 9.80. The lowest BCUT2D eigenvalue weighted by Crippen LogP contribution is -2.53. The number of fused-ring (bicyclic) bond motifs is 19. The second-order valence-electron chi connectivity index (χ2n) is 22.0. The fraction of sp³-hybridized carbons (Fsp3) is 0.238. The van der Waals surface area contributed by atoms with Gasteiger partial charge in [-0.1, -0.05) is 166 Å². The van der Waals surface area contributed by atoms with Crippen molar-refractivity contribution >= 4 is 77.8 Å². The molecule has 0 radical (unpaired) electrons. The summed E-state index contributed by atoms with van der Waals surface area (Å²) >= 11 is 2.00. The quantitative estimate of drug-likeness (QED) is 0.112. The van der Waals surface area contributed by atoms with Crippen LogP contribution in [0.1, 0.15) is 73.2 Å². The molecule has 3 nitrogen and oxygen atoms in total. The molecule has 0 bridgehead atoms. The first kappa shape index (κ1) is 41.8. The van der Waals surface area contributed by atoms with Gasteiger partial charge in [0.05, 0.1) is 36.1 Å². The van der Waals surface area contributed by atoms with Crippen molar-refractivity contribution < 1.29 is 9.13 Å². The molecule has 0 amide bonds. The number of para-hydroxylation sites is 2. The minimum absolute atomic E-state index is 0.178. The van der Waals surface area contributed by atoms with E-state index in [9.17, 15) is 0 Å². The van der Waals surface area contributed by atoms with Crippen LogP contribution in [0.5, 0.6) is 0 Å². The lowest BCUT2D eigenvalue weighted by molar-refractivity contribution is -0.714. The van der Waals surface area contributed by atoms with Crippen LogP contribution in [0.4, 0.5) is 0 Å². The Morgan fingerprint density at radius 1 is 0.750 bits per heavy atom. The Bertz CT molecular complexity index is 3830. The first-order valence-electron chi connectivity index (χ1n) is 24.8. The summed E-state index contributed by atoms with van der Waals surface area (Å²) in [4.78, 5) is 0. The molecule has 0 spiro atoms. The smallest absolute Gasteiger partial charge is 0.221 e. The van der Waals surface area contributed by atoms with Gasteiger partial charge < -0.3 is 0 Å². The molecule has 2 aliphatic carbocycles. The van der Waals surface area contributed by atoms with Crippen LogP contribution in [0.25, 0.3) is 75.6 Å². The molecule has 6 aromatic carbocycles. The van der Waals surface area contributed by atoms with Gasteiger partial charge in [-0.05, 0) is 95.6 Å². The van der Waals surface area contributed by atoms with Crippen LogP contribution in [-0.2, 0) is 19.4 Å². The van der Waals surface area contributed by atoms with Crippen molar-refractivity contribution in [3.05, 3.63) is 197 Å². The van der Waals surface area contributed by atoms with Crippen molar-refractivity contribution in [2.24, 2.45) is 11.3 Å². The Morgan fingerprint density at radius 2 is 1.47 bits per heavy atom. The molecule has 5 heterocycles. The minimum Gasteiger partial charge on any atom is -0.221 e. The molecular formula is C63H59N3SSi+2. The van der Waals surface area contributed by atoms with Crippen molar-refractivity contribution in [1.82, 2.24) is 4.40 Å². The van der Waals surface area contributed by atoms with Crippen molar-refractivity contribution in [1.29, 1.82) is 0 Å². The van der Waals surface area contributed by atoms with Gasteiger partial charge in [-0.25, -0.2) is 4.57 Å². The van der Waals surface area contributed by atoms with E-state index < -0.39 is 8.07 Å². The van der Waals surface area contributed by atoms with Crippen LogP contribution in [-0.4, -0.2) is 12.5 Å². The van der Waals surface area contributed by atoms with E-state index in [4.69, 9.17) is 0 Å². The number of nitrogens with zero attached hydrogens (tertiary/aromatic N) is 3. The van der Waals surface area contributed by atoms with Crippen LogP contribution in [0.2, 0.25) is 19.6 Å². The number of rotatable bonds is 7. The molecule has 0 saturated carbocycles. The van der Waals surface area contributed by atoms with E-state index in [2.05, 4.69) is 226 Å². The summed E-state index contributed by atoms with van der Waals surface area (Å²) in [5.74, 6) is 0.751. The third kappa shape index (κ3) is 6.14. The first-order chi connectivity index (χ1) is 32.9. The third-order valence-electron chi connectivity index (χ3n) is 16.0. The van der Waals surface area contributed by atoms with Crippen LogP contribution in [0.3, 0.4) is 0 Å². The van der Waals surface area contributed by atoms with Gasteiger partial charge in [0.2, 0.25) is 5.69 Å². The Hall–Kier alpha value is -6.40. The number of hydrogen-bond acceptors (Lipinski definition) is 1. The van der Waals surface area contributed by atoms with Crippen LogP contribution in [0, 0.1) is 18.3 Å². The van der Waals surface area contributed by atoms with E-state index in [0.717, 1.165) is 19.4 Å². The molecule has 3 unspecified atom stereocenters. The predicted octanol–water partition coefficient (Wildman–Crippen LogP) is 14.9. The van der Waals surface area contributed by atoms with Crippen LogP contribution < -0.4 is 14.3 Å². The number of imidazole rings is 1. The van der Waals surface area contributed by atoms with Gasteiger partial charge in [0.15, 0.2) is 23.3 Å². The number of hydrogen-bond donors (Lipinski definition) is 0. The lowest BCUT2D eigenvalue weighted by Gasteiger charge is -2.30. The maximum absolute atomic E-state index is 2.78. The van der Waals surface area contributed by atoms with Gasteiger partial charge in [-0.2, -0.15) is 8.97 Å². The highest BCUT2D eigenvalue weighted by Gasteiger charge is 2.52. The SMILES string of the molecule is CC1=CC(c2ccccc2)=CC1(C)C[n+]1c2ccccc2n2c3c(c4ccc5c6cccc(C)c6sc5c4c21)C1c2ccc(-c4ccccc4)cc2-c2cc(CC(C)C)c([Si](C)(C)C)c[n+]2C1C3. The molecular weight excluding hydrogens is 859 g/mol. The zero-order valence-corrected chi connectivity index (χ0v) is 42.4. The summed E-state index contributed by atoms with van der Waals surface area (Å²) in [6.45, 7) is 20.3. The van der Waals surface area contributed by atoms with E-state index >= 15 is 0 Å². The Kier molecular flexibility index (Phi) is 9.24. The second-order valence-corrected chi connectivity index (χ2v) is 28.1. The number of thiophene rings is 1. The van der Waals surface area contributed by atoms with E-state index in [1.54, 1.807) is 5.19 Å². The highest BCUT2D eigenvalue weighted by molar-refractivity contribution is 7.27. The average molecular weight is 918 g/mol. The number of benzene rings is 6. The fourth-order valence-corrected chi connectivity index (χ4v) is 15.7. The summed E-state index contributed by atoms with van der Waals surface area (Å²) in [7, 11) is -1.75. The van der Waals surface area contributed by atoms with Gasteiger partial charge >= 0.3 is 0 Å². The average Bonchev–Trinajstić information content (AvgIpc) is 4.09. The molecule has 0 N–H and O–H groups in total. The van der Waals surface area contributed by atoms with Crippen molar-refractivity contribution in [2.75, 3.05) is 0 Å². The minimum atomic E-state index is -1.75. The Morgan fingerprint density at radius 3 is 2.24 bits per heavy atom. The molecule has 13 rings (SSSR count). The molecule has 5 heteroatoms. The Balaban J connectivity index is 1.15. The monoisotopic (exact) mass is 917 g/mol. The van der Waals surface area contributed by atoms with Gasteiger partial charge in [-0.15, -0.1) is 11.3 Å². The van der Waals surface area contributed by atoms with Crippen molar-refractivity contribution in [2.45, 2.75) is 85.6 Å². The highest BCUT2D eigenvalue weighted by atomic mass is 32.1. The van der Waals surface area contributed by atoms with E-state index in [1.807, 2.05) is 11.3 Å². The maximum atomic E-state index is 2.78. The maximum Gasteiger partial charge on any atom is 0.296 e. The third-order valence-corrected chi connectivity index (χ3v) is 19.5. The number of aryl methyl sites for hydroxylation is 1. The van der Waals surface area contributed by atoms with E-state index in [1.165, 1.54) is 115 Å². The topological polar surface area (TPSA) is 12.2 Å². The normalized spacial score (nSPS) is 18.7. The molecule has 334 valence electrons. The summed E-state index contributed by atoms with van der Waals surface area (Å²) in [6, 6.07) is 53.4. The van der Waals surface area contributed by atoms with Crippen LogP contribution in [0.15, 0.2) is 163 Å². The molecule has 4 aromatic heterocycles. The molecule has 0 saturated heterocycles. The largest absolute Gasteiger partial charge is 0.296 e. The predicted molar refractivity (Wildman–Crippen MR) is 290 cm³/mol. The highest BCUT2D eigenvalue weighted by Crippen LogP contribution is 2.54. The second kappa shape index (κ2) is 15.0. The summed E-state index contributed by atoms with van der Waals surface area (Å²) in [5.41, 5.74) is 20.3. The van der Waals surface area contributed by atoms with Gasteiger partial charge in [-0.3, -0.25) is 0 Å². The van der Waals surface area contributed by atoms with Crippen molar-refractivity contribution in [3.63, 3.8) is 0 Å². The summed E-state index contributed by atoms with van der Waals surface area (Å²) < 4.78 is 11.0. The summed E-state index contributed by atoms with van der Waals surface area (Å²) in [5, 5.41) is 7.12. The van der Waals surface area contributed by atoms with Gasteiger partial charge in [0, 0.05) is 37.7 Å². The number of aromatic nitrogens is 3. The fourth-order valence-electron chi connectivity index (χ4n) is 12.8. The molecule has 3 atom stereocenters. The standard InChI is InChI=1S/C63H59N3SSi/c1-38(2)30-44-33-53-50-32-43(41-19-11-9-12-20-41)26-27-46(50)57-54(64(53)36-56(44)68(6,7)8)34-55-58(57)49-29-28-48-47-23-17-18-39(3)60(47)67-61(48)59(49)62-65(51-24-15-16-25-52(51)66(55)62)37-63(5)35-45(31-40(63)4)42-21-13-10-14-22-42/h9-29,31-33,35-36,38,54,57H,30,34,37H2,1-8H3/q+2. The molecule has 3 aliphatic rings. The van der Waals surface area contributed by atoms with Crippen LogP contribution >= 0.6 is 11.3 Å². The van der Waals surface area contributed by atoms with Crippen molar-refractivity contribution in [3.8, 4) is 22.4 Å². The number of allylic oxidation sites excluding steroid dienone is 4. The molecule has 0 fully saturated rings. The first-order valence-corrected chi connectivity index (χ1v) is 29.2. The molecule has 10 aromatic rings. The zero-order chi connectivity index (χ0) is 46.4. The van der Waals surface area contributed by atoms with E-state index in [0.29, 0.717) is 5.92 Å². The van der Waals surface area contributed by atoms with Gasteiger partial charge in [0.25, 0.3) is 5.65 Å². The Labute approximate surface area is 405 Å².